The van der Waals surface area contributed by atoms with E-state index in [9.17, 15) is 9.59 Å². The van der Waals surface area contributed by atoms with Crippen molar-refractivity contribution in [2.45, 2.75) is 39.4 Å². The standard InChI is InChI=1S/C16H20N4O2S/c1-9(2)19-20-16-18-15(22)13(23-16)8-14(21)17-12-7-10(3)5-6-11(12)4/h5-7,13H,8H2,1-4H3,(H,17,21)(H,18,20,22). The molecule has 1 aromatic carbocycles. The van der Waals surface area contributed by atoms with Crippen molar-refractivity contribution in [1.29, 1.82) is 0 Å². The van der Waals surface area contributed by atoms with Gasteiger partial charge in [-0.05, 0) is 44.9 Å². The molecule has 0 bridgehead atoms. The minimum Gasteiger partial charge on any atom is -0.326 e. The van der Waals surface area contributed by atoms with Gasteiger partial charge in [-0.25, -0.2) is 0 Å². The average molecular weight is 332 g/mol. The van der Waals surface area contributed by atoms with Gasteiger partial charge in [0.25, 0.3) is 0 Å². The maximum atomic E-state index is 12.2. The lowest BCUT2D eigenvalue weighted by atomic mass is 10.1. The number of thioether (sulfide) groups is 1. The van der Waals surface area contributed by atoms with Crippen LogP contribution in [0.2, 0.25) is 0 Å². The number of nitrogens with one attached hydrogen (secondary N) is 2. The van der Waals surface area contributed by atoms with Crippen LogP contribution in [0.15, 0.2) is 28.4 Å². The zero-order chi connectivity index (χ0) is 17.0. The molecule has 0 aliphatic carbocycles. The third-order valence-corrected chi connectivity index (χ3v) is 4.23. The maximum Gasteiger partial charge on any atom is 0.240 e. The Morgan fingerprint density at radius 3 is 2.78 bits per heavy atom. The van der Waals surface area contributed by atoms with Crippen molar-refractivity contribution in [3.05, 3.63) is 29.3 Å². The monoisotopic (exact) mass is 332 g/mol. The quantitative estimate of drug-likeness (QED) is 0.657. The molecule has 1 aromatic rings. The molecule has 1 heterocycles. The Bertz CT molecular complexity index is 693. The highest BCUT2D eigenvalue weighted by Crippen LogP contribution is 2.24. The third-order valence-electron chi connectivity index (χ3n) is 3.16. The first-order valence-electron chi connectivity index (χ1n) is 7.28. The Morgan fingerprint density at radius 1 is 1.35 bits per heavy atom. The predicted octanol–water partition coefficient (Wildman–Crippen LogP) is 2.62. The number of hydrogen-bond acceptors (Lipinski definition) is 5. The molecule has 23 heavy (non-hydrogen) atoms. The van der Waals surface area contributed by atoms with E-state index in [0.717, 1.165) is 22.5 Å². The molecule has 2 amide bonds. The van der Waals surface area contributed by atoms with E-state index in [1.165, 1.54) is 11.8 Å². The van der Waals surface area contributed by atoms with Crippen LogP contribution in [0, 0.1) is 13.8 Å². The summed E-state index contributed by atoms with van der Waals surface area (Å²) in [6.45, 7) is 7.54. The molecule has 0 spiro atoms. The lowest BCUT2D eigenvalue weighted by molar-refractivity contribution is -0.122. The zero-order valence-corrected chi connectivity index (χ0v) is 14.5. The van der Waals surface area contributed by atoms with Crippen LogP contribution < -0.4 is 10.6 Å². The van der Waals surface area contributed by atoms with Crippen molar-refractivity contribution in [3.63, 3.8) is 0 Å². The van der Waals surface area contributed by atoms with Gasteiger partial charge in [-0.1, -0.05) is 23.9 Å². The summed E-state index contributed by atoms with van der Waals surface area (Å²) in [5.41, 5.74) is 3.63. The fraction of sp³-hybridized carbons (Fsp3) is 0.375. The minimum atomic E-state index is -0.480. The van der Waals surface area contributed by atoms with E-state index in [1.54, 1.807) is 0 Å². The van der Waals surface area contributed by atoms with Gasteiger partial charge in [0.1, 0.15) is 5.25 Å². The van der Waals surface area contributed by atoms with Crippen molar-refractivity contribution in [3.8, 4) is 0 Å². The number of carbonyl (C=O) groups is 2. The second kappa shape index (κ2) is 7.41. The Morgan fingerprint density at radius 2 is 2.09 bits per heavy atom. The average Bonchev–Trinajstić information content (AvgIpc) is 2.81. The van der Waals surface area contributed by atoms with E-state index in [-0.39, 0.29) is 18.2 Å². The maximum absolute atomic E-state index is 12.2. The van der Waals surface area contributed by atoms with E-state index >= 15 is 0 Å². The molecule has 2 N–H and O–H groups in total. The van der Waals surface area contributed by atoms with Crippen LogP contribution in [0.4, 0.5) is 5.69 Å². The third kappa shape index (κ3) is 4.92. The molecule has 1 aliphatic heterocycles. The summed E-state index contributed by atoms with van der Waals surface area (Å²) in [6.07, 6.45) is 0.0950. The highest BCUT2D eigenvalue weighted by atomic mass is 32.2. The van der Waals surface area contributed by atoms with Crippen molar-refractivity contribution in [2.24, 2.45) is 10.2 Å². The van der Waals surface area contributed by atoms with Gasteiger partial charge in [0.05, 0.1) is 0 Å². The molecule has 0 saturated carbocycles. The number of amidine groups is 1. The Labute approximate surface area is 139 Å². The number of benzene rings is 1. The van der Waals surface area contributed by atoms with Crippen molar-refractivity contribution in [1.82, 2.24) is 5.32 Å². The van der Waals surface area contributed by atoms with E-state index < -0.39 is 5.25 Å². The van der Waals surface area contributed by atoms with Gasteiger partial charge < -0.3 is 10.6 Å². The number of hydrogen-bond donors (Lipinski definition) is 2. The fourth-order valence-electron chi connectivity index (χ4n) is 1.97. The van der Waals surface area contributed by atoms with Gasteiger partial charge >= 0.3 is 0 Å². The van der Waals surface area contributed by atoms with Gasteiger partial charge in [-0.15, -0.1) is 5.10 Å². The molecule has 6 nitrogen and oxygen atoms in total. The van der Waals surface area contributed by atoms with Gasteiger partial charge in [0, 0.05) is 17.8 Å². The normalized spacial score (nSPS) is 18.7. The molecular formula is C16H20N4O2S. The Hall–Kier alpha value is -2.15. The first-order chi connectivity index (χ1) is 10.8. The van der Waals surface area contributed by atoms with Gasteiger partial charge in [0.2, 0.25) is 11.8 Å². The topological polar surface area (TPSA) is 82.9 Å². The molecule has 1 fully saturated rings. The summed E-state index contributed by atoms with van der Waals surface area (Å²) in [5, 5.41) is 13.3. The fourth-order valence-corrected chi connectivity index (χ4v) is 2.89. The zero-order valence-electron chi connectivity index (χ0n) is 13.6. The van der Waals surface area contributed by atoms with Gasteiger partial charge in [-0.2, -0.15) is 5.10 Å². The molecule has 1 saturated heterocycles. The summed E-state index contributed by atoms with van der Waals surface area (Å²) < 4.78 is 0. The lowest BCUT2D eigenvalue weighted by Crippen LogP contribution is -2.28. The van der Waals surface area contributed by atoms with E-state index in [2.05, 4.69) is 20.8 Å². The lowest BCUT2D eigenvalue weighted by Gasteiger charge is -2.10. The summed E-state index contributed by atoms with van der Waals surface area (Å²) in [4.78, 5) is 24.1. The number of rotatable bonds is 4. The minimum absolute atomic E-state index is 0.0950. The smallest absolute Gasteiger partial charge is 0.240 e. The summed E-state index contributed by atoms with van der Waals surface area (Å²) >= 11 is 1.23. The molecule has 0 radical (unpaired) electrons. The van der Waals surface area contributed by atoms with Crippen LogP contribution in [0.3, 0.4) is 0 Å². The SMILES string of the molecule is CC(C)=NN=C1NC(=O)C(CC(=O)Nc2cc(C)ccc2C)S1. The molecule has 0 aromatic heterocycles. The Balaban J connectivity index is 1.98. The number of anilines is 1. The number of carbonyl (C=O) groups excluding carboxylic acids is 2. The van der Waals surface area contributed by atoms with Crippen LogP contribution in [-0.2, 0) is 9.59 Å². The summed E-state index contributed by atoms with van der Waals surface area (Å²) in [7, 11) is 0. The van der Waals surface area contributed by atoms with Crippen molar-refractivity contribution < 1.29 is 9.59 Å². The molecule has 1 atom stereocenters. The van der Waals surface area contributed by atoms with Crippen molar-refractivity contribution in [2.75, 3.05) is 5.32 Å². The van der Waals surface area contributed by atoms with Crippen LogP contribution in [0.25, 0.3) is 0 Å². The molecular weight excluding hydrogens is 312 g/mol. The van der Waals surface area contributed by atoms with Crippen LogP contribution in [0.5, 0.6) is 0 Å². The number of aryl methyl sites for hydroxylation is 2. The Kier molecular flexibility index (Phi) is 5.54. The highest BCUT2D eigenvalue weighted by molar-refractivity contribution is 8.15. The molecule has 1 aliphatic rings. The van der Waals surface area contributed by atoms with Gasteiger partial charge in [-0.3, -0.25) is 9.59 Å². The molecule has 2 rings (SSSR count). The summed E-state index contributed by atoms with van der Waals surface area (Å²) in [5.74, 6) is -0.406. The van der Waals surface area contributed by atoms with E-state index in [4.69, 9.17) is 0 Å². The predicted molar refractivity (Wildman–Crippen MR) is 94.9 cm³/mol. The van der Waals surface area contributed by atoms with E-state index in [1.807, 2.05) is 45.9 Å². The molecule has 7 heteroatoms. The van der Waals surface area contributed by atoms with Crippen LogP contribution in [0.1, 0.15) is 31.4 Å². The molecule has 1 unspecified atom stereocenters. The van der Waals surface area contributed by atoms with Crippen LogP contribution in [-0.4, -0.2) is 27.9 Å². The van der Waals surface area contributed by atoms with Crippen molar-refractivity contribution >= 4 is 40.1 Å². The number of amides is 2. The molecule has 122 valence electrons. The second-order valence-electron chi connectivity index (χ2n) is 5.62. The van der Waals surface area contributed by atoms with E-state index in [0.29, 0.717) is 5.17 Å². The van der Waals surface area contributed by atoms with Crippen LogP contribution >= 0.6 is 11.8 Å². The largest absolute Gasteiger partial charge is 0.326 e. The highest BCUT2D eigenvalue weighted by Gasteiger charge is 2.32. The summed E-state index contributed by atoms with van der Waals surface area (Å²) in [6, 6.07) is 5.86. The van der Waals surface area contributed by atoms with Gasteiger partial charge in [0.15, 0.2) is 5.17 Å². The number of nitrogens with zero attached hydrogens (tertiary/aromatic N) is 2. The first kappa shape index (κ1) is 17.2. The first-order valence-corrected chi connectivity index (χ1v) is 8.16. The second-order valence-corrected chi connectivity index (χ2v) is 6.81.